The number of carbonyl (C=O) groups excluding carboxylic acids is 1. The number of benzene rings is 2. The van der Waals surface area contributed by atoms with E-state index in [-0.39, 0.29) is 28.1 Å². The van der Waals surface area contributed by atoms with Crippen LogP contribution in [0.4, 0.5) is 20.3 Å². The number of nitrogens with zero attached hydrogens (tertiary/aromatic N) is 3. The van der Waals surface area contributed by atoms with Gasteiger partial charge in [0.15, 0.2) is 5.82 Å². The molecule has 0 bridgehead atoms. The van der Waals surface area contributed by atoms with Gasteiger partial charge in [-0.15, -0.1) is 4.68 Å². The van der Waals surface area contributed by atoms with E-state index in [1.807, 2.05) is 0 Å². The molecule has 0 saturated carbocycles. The number of anilines is 1. The molecule has 8 nitrogen and oxygen atoms in total. The van der Waals surface area contributed by atoms with E-state index in [2.05, 4.69) is 5.10 Å². The van der Waals surface area contributed by atoms with Gasteiger partial charge in [-0.05, 0) is 47.2 Å². The number of aromatic nitrogens is 2. The Bertz CT molecular complexity index is 1090. The fourth-order valence-electron chi connectivity index (χ4n) is 2.56. The fraction of sp³-hybridized carbons (Fsp3) is 0.0588. The highest BCUT2D eigenvalue weighted by Crippen LogP contribution is 2.32. The lowest BCUT2D eigenvalue weighted by atomic mass is 10.1. The molecule has 0 aliphatic carbocycles. The number of hydrogen-bond acceptors (Lipinski definition) is 5. The van der Waals surface area contributed by atoms with Crippen LogP contribution in [0.3, 0.4) is 0 Å². The summed E-state index contributed by atoms with van der Waals surface area (Å²) in [6.45, 7) is 1.61. The maximum atomic E-state index is 14.3. The first kappa shape index (κ1) is 18.0. The van der Waals surface area contributed by atoms with Crippen LogP contribution in [0.2, 0.25) is 0 Å². The molecule has 0 spiro atoms. The monoisotopic (exact) mass is 373 g/mol. The zero-order valence-corrected chi connectivity index (χ0v) is 13.9. The van der Waals surface area contributed by atoms with Gasteiger partial charge in [-0.2, -0.15) is 0 Å². The summed E-state index contributed by atoms with van der Waals surface area (Å²) in [5.41, 5.74) is 11.2. The second-order valence-electron chi connectivity index (χ2n) is 5.79. The Hall–Kier alpha value is -3.82. The van der Waals surface area contributed by atoms with Crippen molar-refractivity contribution in [2.24, 2.45) is 5.73 Å². The minimum absolute atomic E-state index is 0.0616. The molecular weight excluding hydrogens is 360 g/mol. The molecule has 1 amide bonds. The lowest BCUT2D eigenvalue weighted by Crippen LogP contribution is -2.12. The van der Waals surface area contributed by atoms with Crippen molar-refractivity contribution in [2.75, 3.05) is 5.73 Å². The average molecular weight is 373 g/mol. The Kier molecular flexibility index (Phi) is 4.32. The molecule has 0 fully saturated rings. The van der Waals surface area contributed by atoms with Crippen LogP contribution in [-0.2, 0) is 0 Å². The molecule has 1 aromatic heterocycles. The first-order valence-corrected chi connectivity index (χ1v) is 7.59. The molecule has 0 radical (unpaired) electrons. The predicted molar refractivity (Wildman–Crippen MR) is 93.2 cm³/mol. The molecule has 138 valence electrons. The van der Waals surface area contributed by atoms with Crippen molar-refractivity contribution in [3.05, 3.63) is 69.4 Å². The molecule has 2 aromatic carbocycles. The van der Waals surface area contributed by atoms with Gasteiger partial charge in [-0.25, -0.2) is 8.78 Å². The molecule has 27 heavy (non-hydrogen) atoms. The molecule has 0 atom stereocenters. The Balaban J connectivity index is 2.18. The van der Waals surface area contributed by atoms with Crippen LogP contribution >= 0.6 is 0 Å². The van der Waals surface area contributed by atoms with Crippen molar-refractivity contribution < 1.29 is 18.5 Å². The highest BCUT2D eigenvalue weighted by Gasteiger charge is 2.25. The largest absolute Gasteiger partial charge is 0.398 e. The van der Waals surface area contributed by atoms with Crippen molar-refractivity contribution in [1.82, 2.24) is 9.78 Å². The number of nitrogens with two attached hydrogens (primary N) is 2. The molecule has 10 heteroatoms. The van der Waals surface area contributed by atoms with Crippen LogP contribution in [0.15, 0.2) is 36.5 Å². The van der Waals surface area contributed by atoms with Crippen molar-refractivity contribution in [3.8, 4) is 16.8 Å². The Labute approximate surface area is 151 Å². The number of carbonyl (C=O) groups is 1. The maximum absolute atomic E-state index is 14.3. The van der Waals surface area contributed by atoms with Gasteiger partial charge in [-0.1, -0.05) is 6.07 Å². The van der Waals surface area contributed by atoms with E-state index in [0.717, 1.165) is 16.8 Å². The number of amides is 1. The van der Waals surface area contributed by atoms with Crippen LogP contribution in [-0.4, -0.2) is 20.6 Å². The molecule has 0 aliphatic rings. The summed E-state index contributed by atoms with van der Waals surface area (Å²) in [6, 6.07) is 5.80. The summed E-state index contributed by atoms with van der Waals surface area (Å²) < 4.78 is 29.3. The summed E-state index contributed by atoms with van der Waals surface area (Å²) in [4.78, 5) is 21.7. The van der Waals surface area contributed by atoms with E-state index in [4.69, 9.17) is 11.5 Å². The fourth-order valence-corrected chi connectivity index (χ4v) is 2.56. The van der Waals surface area contributed by atoms with Crippen LogP contribution in [0, 0.1) is 28.7 Å². The van der Waals surface area contributed by atoms with Gasteiger partial charge in [0.2, 0.25) is 0 Å². The third kappa shape index (κ3) is 3.19. The standard InChI is InChI=1S/C17H13F2N5O3/c1-8-4-13(19)15(6-14(8)20)23-7-11(17(22-23)24(26)27)9-2-3-10(16(21)25)12(18)5-9/h2-7H,20H2,1H3,(H2,21,25). The van der Waals surface area contributed by atoms with E-state index in [9.17, 15) is 23.7 Å². The van der Waals surface area contributed by atoms with E-state index in [1.54, 1.807) is 6.92 Å². The van der Waals surface area contributed by atoms with Gasteiger partial charge < -0.3 is 21.6 Å². The number of nitrogen functional groups attached to an aromatic ring is 1. The number of nitro groups is 1. The molecule has 1 heterocycles. The number of hydrogen-bond donors (Lipinski definition) is 2. The second-order valence-corrected chi connectivity index (χ2v) is 5.79. The van der Waals surface area contributed by atoms with Gasteiger partial charge in [0, 0.05) is 5.69 Å². The summed E-state index contributed by atoms with van der Waals surface area (Å²) in [5, 5.41) is 15.1. The Morgan fingerprint density at radius 1 is 1.22 bits per heavy atom. The molecule has 4 N–H and O–H groups in total. The van der Waals surface area contributed by atoms with Gasteiger partial charge in [0.25, 0.3) is 5.91 Å². The van der Waals surface area contributed by atoms with Crippen LogP contribution in [0.25, 0.3) is 16.8 Å². The molecule has 3 rings (SSSR count). The highest BCUT2D eigenvalue weighted by atomic mass is 19.1. The molecule has 3 aromatic rings. The summed E-state index contributed by atoms with van der Waals surface area (Å²) >= 11 is 0. The SMILES string of the molecule is Cc1cc(F)c(-n2cc(-c3ccc(C(N)=O)c(F)c3)c([N+](=O)[O-])n2)cc1N. The van der Waals surface area contributed by atoms with Crippen molar-refractivity contribution in [3.63, 3.8) is 0 Å². The van der Waals surface area contributed by atoms with Gasteiger partial charge >= 0.3 is 5.82 Å². The number of rotatable bonds is 4. The zero-order valence-electron chi connectivity index (χ0n) is 13.9. The van der Waals surface area contributed by atoms with Crippen molar-refractivity contribution >= 4 is 17.4 Å². The lowest BCUT2D eigenvalue weighted by molar-refractivity contribution is -0.389. The first-order chi connectivity index (χ1) is 12.7. The third-order valence-electron chi connectivity index (χ3n) is 4.00. The van der Waals surface area contributed by atoms with E-state index in [1.165, 1.54) is 24.4 Å². The van der Waals surface area contributed by atoms with Crippen LogP contribution in [0.5, 0.6) is 0 Å². The molecular formula is C17H13F2N5O3. The van der Waals surface area contributed by atoms with Gasteiger partial charge in [0.05, 0.1) is 16.9 Å². The summed E-state index contributed by atoms with van der Waals surface area (Å²) in [6.07, 6.45) is 1.18. The number of primary amides is 1. The Morgan fingerprint density at radius 2 is 1.93 bits per heavy atom. The lowest BCUT2D eigenvalue weighted by Gasteiger charge is -2.04. The maximum Gasteiger partial charge on any atom is 0.398 e. The van der Waals surface area contributed by atoms with Gasteiger partial charge in [0.1, 0.15) is 17.1 Å². The van der Waals surface area contributed by atoms with Crippen molar-refractivity contribution in [2.45, 2.75) is 6.92 Å². The molecule has 0 aliphatic heterocycles. The van der Waals surface area contributed by atoms with Crippen molar-refractivity contribution in [1.29, 1.82) is 0 Å². The smallest absolute Gasteiger partial charge is 0.398 e. The van der Waals surface area contributed by atoms with E-state index in [0.29, 0.717) is 5.56 Å². The first-order valence-electron chi connectivity index (χ1n) is 7.59. The van der Waals surface area contributed by atoms with Crippen LogP contribution < -0.4 is 11.5 Å². The predicted octanol–water partition coefficient (Wildman–Crippen LogP) is 2.72. The minimum Gasteiger partial charge on any atom is -0.398 e. The van der Waals surface area contributed by atoms with Crippen LogP contribution in [0.1, 0.15) is 15.9 Å². The summed E-state index contributed by atoms with van der Waals surface area (Å²) in [5.74, 6) is -3.20. The quantitative estimate of drug-likeness (QED) is 0.412. The number of halogens is 2. The number of aryl methyl sites for hydroxylation is 1. The average Bonchev–Trinajstić information content (AvgIpc) is 3.03. The highest BCUT2D eigenvalue weighted by molar-refractivity contribution is 5.93. The van der Waals surface area contributed by atoms with E-state index < -0.39 is 28.3 Å². The minimum atomic E-state index is -0.971. The topological polar surface area (TPSA) is 130 Å². The second kappa shape index (κ2) is 6.48. The zero-order chi connectivity index (χ0) is 19.9. The third-order valence-corrected chi connectivity index (χ3v) is 4.00. The summed E-state index contributed by atoms with van der Waals surface area (Å²) in [7, 11) is 0. The van der Waals surface area contributed by atoms with E-state index >= 15 is 0 Å². The normalized spacial score (nSPS) is 10.8. The Morgan fingerprint density at radius 3 is 2.52 bits per heavy atom. The molecule has 0 saturated heterocycles. The van der Waals surface area contributed by atoms with Gasteiger partial charge in [-0.3, -0.25) is 4.79 Å². The molecule has 0 unspecified atom stereocenters.